The minimum Gasteiger partial charge on any atom is -0.461 e. The second kappa shape index (κ2) is 16.8. The Morgan fingerprint density at radius 2 is 1.03 bits per heavy atom. The summed E-state index contributed by atoms with van der Waals surface area (Å²) in [6.45, 7) is 15.3. The van der Waals surface area contributed by atoms with Gasteiger partial charge in [0.05, 0.1) is 9.16 Å². The van der Waals surface area contributed by atoms with Crippen molar-refractivity contribution < 1.29 is 23.9 Å². The van der Waals surface area contributed by atoms with E-state index in [1.54, 1.807) is 60.9 Å². The van der Waals surface area contributed by atoms with Gasteiger partial charge in [-0.1, -0.05) is 13.2 Å². The van der Waals surface area contributed by atoms with Crippen LogP contribution in [0.25, 0.3) is 0 Å². The first-order chi connectivity index (χ1) is 18.1. The zero-order valence-corrected chi connectivity index (χ0v) is 25.5. The van der Waals surface area contributed by atoms with Crippen molar-refractivity contribution in [2.24, 2.45) is 0 Å². The molecular formula is C29H34O5S4. The molecule has 9 heteroatoms. The van der Waals surface area contributed by atoms with Gasteiger partial charge in [0.1, 0.15) is 13.2 Å². The smallest absolute Gasteiger partial charge is 0.333 e. The monoisotopic (exact) mass is 590 g/mol. The van der Waals surface area contributed by atoms with E-state index in [1.165, 1.54) is 0 Å². The highest BCUT2D eigenvalue weighted by Gasteiger charge is 2.12. The lowest BCUT2D eigenvalue weighted by molar-refractivity contribution is -0.139. The number of carbonyl (C=O) groups excluding carboxylic acids is 3. The first-order valence-electron chi connectivity index (χ1n) is 12.0. The van der Waals surface area contributed by atoms with Gasteiger partial charge < -0.3 is 9.47 Å². The van der Waals surface area contributed by atoms with Gasteiger partial charge in [0.2, 0.25) is 0 Å². The fourth-order valence-corrected chi connectivity index (χ4v) is 7.10. The molecule has 0 aliphatic heterocycles. The molecule has 2 unspecified atom stereocenters. The molecule has 38 heavy (non-hydrogen) atoms. The number of rotatable bonds is 16. The Kier molecular flexibility index (Phi) is 14.2. The van der Waals surface area contributed by atoms with Crippen molar-refractivity contribution in [1.29, 1.82) is 0 Å². The molecule has 0 heterocycles. The van der Waals surface area contributed by atoms with Crippen molar-refractivity contribution in [1.82, 2.24) is 0 Å². The normalized spacial score (nSPS) is 12.3. The molecule has 0 saturated carbocycles. The van der Waals surface area contributed by atoms with Crippen molar-refractivity contribution in [3.8, 4) is 0 Å². The van der Waals surface area contributed by atoms with Crippen LogP contribution in [0.2, 0.25) is 0 Å². The minimum atomic E-state index is -0.358. The summed E-state index contributed by atoms with van der Waals surface area (Å²) in [5.41, 5.74) is 2.11. The van der Waals surface area contributed by atoms with Crippen molar-refractivity contribution in [3.05, 3.63) is 84.0 Å². The van der Waals surface area contributed by atoms with Crippen molar-refractivity contribution in [3.63, 3.8) is 0 Å². The number of ether oxygens (including phenoxy) is 2. The second-order valence-electron chi connectivity index (χ2n) is 8.32. The van der Waals surface area contributed by atoms with Crippen LogP contribution in [0.3, 0.4) is 0 Å². The molecule has 0 fully saturated rings. The number of esters is 2. The summed E-state index contributed by atoms with van der Waals surface area (Å²) >= 11 is 6.82. The van der Waals surface area contributed by atoms with E-state index in [1.807, 2.05) is 48.5 Å². The molecule has 0 saturated heterocycles. The van der Waals surface area contributed by atoms with Crippen LogP contribution in [0.4, 0.5) is 0 Å². The number of ketones is 1. The van der Waals surface area contributed by atoms with Crippen molar-refractivity contribution in [2.75, 3.05) is 24.7 Å². The molecule has 2 atom stereocenters. The fourth-order valence-electron chi connectivity index (χ4n) is 2.93. The fraction of sp³-hybridized carbons (Fsp3) is 0.345. The van der Waals surface area contributed by atoms with Gasteiger partial charge in [0, 0.05) is 43.6 Å². The standard InChI is InChI=1S/C29H34O5S4/c1-19(2)28(31)33-15-17-35-21(5)37-25-11-7-23(8-12-25)27(30)24-9-13-26(14-10-24)38-22(6)36-18-16-34-29(32)20(3)4/h7-14,21-22H,1,3,15-18H2,2,4-6H3. The van der Waals surface area contributed by atoms with E-state index >= 15 is 0 Å². The number of benzene rings is 2. The Morgan fingerprint density at radius 3 is 1.34 bits per heavy atom. The highest BCUT2D eigenvalue weighted by Crippen LogP contribution is 2.32. The zero-order valence-electron chi connectivity index (χ0n) is 22.2. The highest BCUT2D eigenvalue weighted by atomic mass is 32.2. The van der Waals surface area contributed by atoms with E-state index in [0.29, 0.717) is 47.0 Å². The number of carbonyl (C=O) groups is 3. The number of hydrogen-bond donors (Lipinski definition) is 0. The van der Waals surface area contributed by atoms with Gasteiger partial charge in [-0.25, -0.2) is 9.59 Å². The molecule has 0 bridgehead atoms. The highest BCUT2D eigenvalue weighted by molar-refractivity contribution is 8.17. The molecule has 0 radical (unpaired) electrons. The number of thioether (sulfide) groups is 4. The van der Waals surface area contributed by atoms with Crippen LogP contribution in [0.5, 0.6) is 0 Å². The Labute approximate surface area is 243 Å². The van der Waals surface area contributed by atoms with E-state index in [0.717, 1.165) is 9.79 Å². The molecule has 2 aromatic carbocycles. The first kappa shape index (κ1) is 32.1. The predicted molar refractivity (Wildman–Crippen MR) is 163 cm³/mol. The zero-order chi connectivity index (χ0) is 28.1. The molecule has 5 nitrogen and oxygen atoms in total. The van der Waals surface area contributed by atoms with Gasteiger partial charge in [-0.3, -0.25) is 4.79 Å². The predicted octanol–water partition coefficient (Wildman–Crippen LogP) is 7.50. The molecule has 0 aliphatic rings. The Hall–Kier alpha value is -2.07. The summed E-state index contributed by atoms with van der Waals surface area (Å²) < 4.78 is 10.8. The third kappa shape index (κ3) is 11.8. The lowest BCUT2D eigenvalue weighted by Crippen LogP contribution is -2.08. The lowest BCUT2D eigenvalue weighted by Gasteiger charge is -2.12. The summed E-state index contributed by atoms with van der Waals surface area (Å²) in [7, 11) is 0. The molecule has 0 spiro atoms. The number of hydrogen-bond acceptors (Lipinski definition) is 9. The molecule has 2 aromatic rings. The maximum Gasteiger partial charge on any atom is 0.333 e. The summed E-state index contributed by atoms with van der Waals surface area (Å²) in [5.74, 6) is 0.690. The topological polar surface area (TPSA) is 69.7 Å². The Balaban J connectivity index is 1.78. The largest absolute Gasteiger partial charge is 0.461 e. The second-order valence-corrected chi connectivity index (χ2v) is 14.6. The van der Waals surface area contributed by atoms with Gasteiger partial charge in [-0.15, -0.1) is 47.0 Å². The molecule has 0 N–H and O–H groups in total. The van der Waals surface area contributed by atoms with Crippen LogP contribution in [0.1, 0.15) is 43.6 Å². The molecule has 0 aromatic heterocycles. The lowest BCUT2D eigenvalue weighted by atomic mass is 10.0. The van der Waals surface area contributed by atoms with Gasteiger partial charge in [-0.05, 0) is 76.2 Å². The van der Waals surface area contributed by atoms with Crippen LogP contribution < -0.4 is 0 Å². The third-order valence-corrected chi connectivity index (χ3v) is 9.76. The SMILES string of the molecule is C=C(C)C(=O)OCCSC(C)Sc1ccc(C(=O)c2ccc(SC(C)SCCOC(=O)C(=C)C)cc2)cc1. The van der Waals surface area contributed by atoms with E-state index < -0.39 is 0 Å². The maximum absolute atomic E-state index is 13.0. The van der Waals surface area contributed by atoms with Gasteiger partial charge >= 0.3 is 11.9 Å². The Morgan fingerprint density at radius 1 is 0.684 bits per heavy atom. The van der Waals surface area contributed by atoms with Crippen LogP contribution in [0.15, 0.2) is 82.6 Å². The first-order valence-corrected chi connectivity index (χ1v) is 15.9. The van der Waals surface area contributed by atoms with E-state index in [2.05, 4.69) is 27.0 Å². The van der Waals surface area contributed by atoms with Crippen LogP contribution >= 0.6 is 47.0 Å². The minimum absolute atomic E-state index is 0.0124. The summed E-state index contributed by atoms with van der Waals surface area (Å²) in [5, 5.41) is 0. The van der Waals surface area contributed by atoms with Crippen molar-refractivity contribution >= 4 is 64.8 Å². The molecule has 2 rings (SSSR count). The van der Waals surface area contributed by atoms with Gasteiger partial charge in [0.25, 0.3) is 0 Å². The summed E-state index contributed by atoms with van der Waals surface area (Å²) in [4.78, 5) is 38.0. The van der Waals surface area contributed by atoms with Crippen molar-refractivity contribution in [2.45, 2.75) is 46.6 Å². The average Bonchev–Trinajstić information content (AvgIpc) is 2.89. The summed E-state index contributed by atoms with van der Waals surface area (Å²) in [6.07, 6.45) is 0. The molecule has 204 valence electrons. The van der Waals surface area contributed by atoms with E-state index in [9.17, 15) is 14.4 Å². The summed E-state index contributed by atoms with van der Waals surface area (Å²) in [6, 6.07) is 15.3. The van der Waals surface area contributed by atoms with Crippen LogP contribution in [0, 0.1) is 0 Å². The van der Waals surface area contributed by atoms with E-state index in [-0.39, 0.29) is 26.9 Å². The van der Waals surface area contributed by atoms with Crippen LogP contribution in [-0.4, -0.2) is 51.6 Å². The van der Waals surface area contributed by atoms with Gasteiger partial charge in [-0.2, -0.15) is 0 Å². The van der Waals surface area contributed by atoms with Gasteiger partial charge in [0.15, 0.2) is 5.78 Å². The molecular weight excluding hydrogens is 557 g/mol. The van der Waals surface area contributed by atoms with E-state index in [4.69, 9.17) is 9.47 Å². The quantitative estimate of drug-likeness (QED) is 0.0493. The average molecular weight is 591 g/mol. The maximum atomic E-state index is 13.0. The molecule has 0 aliphatic carbocycles. The Bertz CT molecular complexity index is 1030. The van der Waals surface area contributed by atoms with Crippen LogP contribution in [-0.2, 0) is 19.1 Å². The molecule has 0 amide bonds. The third-order valence-electron chi connectivity index (χ3n) is 4.87.